The Morgan fingerprint density at radius 1 is 1.59 bits per heavy atom. The van der Waals surface area contributed by atoms with Crippen LogP contribution in [-0.2, 0) is 20.8 Å². The van der Waals surface area contributed by atoms with Crippen LogP contribution < -0.4 is 5.73 Å². The normalized spacial score (nSPS) is 19.3. The van der Waals surface area contributed by atoms with Gasteiger partial charge in [0.2, 0.25) is 0 Å². The second-order valence-electron chi connectivity index (χ2n) is 5.28. The molecule has 2 heterocycles. The number of ether oxygens (including phenoxy) is 2. The summed E-state index contributed by atoms with van der Waals surface area (Å²) in [5, 5.41) is 9.27. The molecule has 0 saturated carbocycles. The average molecular weight is 328 g/mol. The van der Waals surface area contributed by atoms with Crippen LogP contribution in [0.15, 0.2) is 5.16 Å². The highest BCUT2D eigenvalue weighted by molar-refractivity contribution is 7.99. The van der Waals surface area contributed by atoms with Gasteiger partial charge in [-0.25, -0.2) is 0 Å². The first-order valence-electron chi connectivity index (χ1n) is 7.65. The van der Waals surface area contributed by atoms with E-state index in [0.29, 0.717) is 12.2 Å². The summed E-state index contributed by atoms with van der Waals surface area (Å²) >= 11 is 1.50. The van der Waals surface area contributed by atoms with E-state index in [2.05, 4.69) is 14.9 Å². The molecule has 0 radical (unpaired) electrons. The number of hydrogen-bond acceptors (Lipinski definition) is 7. The molecule has 1 aliphatic rings. The van der Waals surface area contributed by atoms with Crippen LogP contribution in [-0.4, -0.2) is 46.3 Å². The first-order valence-corrected chi connectivity index (χ1v) is 8.64. The minimum Gasteiger partial charge on any atom is -0.469 e. The first-order chi connectivity index (χ1) is 10.7. The Bertz CT molecular complexity index is 488. The van der Waals surface area contributed by atoms with E-state index in [0.717, 1.165) is 43.4 Å². The van der Waals surface area contributed by atoms with Gasteiger partial charge in [0.05, 0.1) is 32.2 Å². The van der Waals surface area contributed by atoms with Gasteiger partial charge in [0, 0.05) is 12.4 Å². The van der Waals surface area contributed by atoms with Gasteiger partial charge in [-0.05, 0) is 19.3 Å². The van der Waals surface area contributed by atoms with Crippen molar-refractivity contribution in [2.45, 2.75) is 56.5 Å². The van der Waals surface area contributed by atoms with Crippen LogP contribution in [0.2, 0.25) is 0 Å². The molecule has 0 aliphatic carbocycles. The van der Waals surface area contributed by atoms with Crippen LogP contribution in [0.3, 0.4) is 0 Å². The van der Waals surface area contributed by atoms with E-state index in [-0.39, 0.29) is 18.1 Å². The van der Waals surface area contributed by atoms with Gasteiger partial charge in [0.1, 0.15) is 0 Å². The Hall–Kier alpha value is -1.12. The Kier molecular flexibility index (Phi) is 6.66. The van der Waals surface area contributed by atoms with Crippen LogP contribution in [0.5, 0.6) is 0 Å². The van der Waals surface area contributed by atoms with E-state index < -0.39 is 0 Å². The van der Waals surface area contributed by atoms with Crippen LogP contribution in [0.4, 0.5) is 0 Å². The summed E-state index contributed by atoms with van der Waals surface area (Å²) in [6.45, 7) is 3.56. The van der Waals surface area contributed by atoms with Gasteiger partial charge in [-0.3, -0.25) is 4.79 Å². The number of aromatic nitrogens is 3. The van der Waals surface area contributed by atoms with Crippen molar-refractivity contribution in [3.05, 3.63) is 5.82 Å². The van der Waals surface area contributed by atoms with Crippen molar-refractivity contribution in [2.24, 2.45) is 5.73 Å². The zero-order valence-electron chi connectivity index (χ0n) is 13.2. The van der Waals surface area contributed by atoms with Gasteiger partial charge in [-0.15, -0.1) is 10.2 Å². The zero-order valence-corrected chi connectivity index (χ0v) is 14.0. The molecule has 22 heavy (non-hydrogen) atoms. The van der Waals surface area contributed by atoms with Crippen molar-refractivity contribution < 1.29 is 14.3 Å². The van der Waals surface area contributed by atoms with E-state index in [4.69, 9.17) is 10.5 Å². The van der Waals surface area contributed by atoms with Crippen molar-refractivity contribution in [1.82, 2.24) is 14.8 Å². The third-order valence-corrected chi connectivity index (χ3v) is 4.66. The minimum atomic E-state index is -0.219. The third kappa shape index (κ3) is 4.44. The fraction of sp³-hybridized carbons (Fsp3) is 0.786. The number of nitrogens with two attached hydrogens (primary N) is 1. The largest absolute Gasteiger partial charge is 0.469 e. The monoisotopic (exact) mass is 328 g/mol. The van der Waals surface area contributed by atoms with E-state index in [1.807, 2.05) is 11.5 Å². The van der Waals surface area contributed by atoms with Crippen molar-refractivity contribution in [2.75, 3.05) is 19.5 Å². The Labute approximate surface area is 134 Å². The number of hydrogen-bond donors (Lipinski definition) is 1. The molecule has 2 unspecified atom stereocenters. The summed E-state index contributed by atoms with van der Waals surface area (Å²) < 4.78 is 12.4. The lowest BCUT2D eigenvalue weighted by Gasteiger charge is -2.16. The molecule has 2 N–H and O–H groups in total. The Balaban J connectivity index is 2.06. The predicted octanol–water partition coefficient (Wildman–Crippen LogP) is 1.52. The lowest BCUT2D eigenvalue weighted by Crippen LogP contribution is -2.22. The van der Waals surface area contributed by atoms with E-state index in [1.54, 1.807) is 0 Å². The molecular formula is C14H24N4O3S. The van der Waals surface area contributed by atoms with Crippen molar-refractivity contribution in [1.29, 1.82) is 0 Å². The van der Waals surface area contributed by atoms with E-state index >= 15 is 0 Å². The molecular weight excluding hydrogens is 304 g/mol. The minimum absolute atomic E-state index is 0.135. The molecule has 1 fully saturated rings. The topological polar surface area (TPSA) is 92.3 Å². The maximum atomic E-state index is 11.2. The number of carbonyl (C=O) groups is 1. The molecule has 0 bridgehead atoms. The van der Waals surface area contributed by atoms with Crippen LogP contribution >= 0.6 is 11.8 Å². The van der Waals surface area contributed by atoms with Gasteiger partial charge in [-0.2, -0.15) is 0 Å². The molecule has 1 aromatic rings. The SMILES string of the molecule is CCC(N)c1nnc(SCCC(=O)OC)n1CC1CCCO1. The average Bonchev–Trinajstić information content (AvgIpc) is 3.17. The predicted molar refractivity (Wildman–Crippen MR) is 83.6 cm³/mol. The molecule has 0 spiro atoms. The Morgan fingerprint density at radius 3 is 3.05 bits per heavy atom. The highest BCUT2D eigenvalue weighted by Gasteiger charge is 2.23. The van der Waals surface area contributed by atoms with E-state index in [9.17, 15) is 4.79 Å². The quantitative estimate of drug-likeness (QED) is 0.571. The van der Waals surface area contributed by atoms with Crippen molar-refractivity contribution in [3.63, 3.8) is 0 Å². The molecule has 8 heteroatoms. The molecule has 1 aromatic heterocycles. The van der Waals surface area contributed by atoms with Gasteiger partial charge in [-0.1, -0.05) is 18.7 Å². The van der Waals surface area contributed by atoms with Crippen LogP contribution in [0, 0.1) is 0 Å². The third-order valence-electron chi connectivity index (χ3n) is 3.69. The van der Waals surface area contributed by atoms with Gasteiger partial charge in [0.15, 0.2) is 11.0 Å². The molecule has 0 amide bonds. The fourth-order valence-electron chi connectivity index (χ4n) is 2.35. The maximum absolute atomic E-state index is 11.2. The van der Waals surface area contributed by atoms with Gasteiger partial charge >= 0.3 is 5.97 Å². The fourth-order valence-corrected chi connectivity index (χ4v) is 3.23. The maximum Gasteiger partial charge on any atom is 0.306 e. The standard InChI is InChI=1S/C14H24N4O3S/c1-3-11(15)13-16-17-14(22-8-6-12(19)20-2)18(13)9-10-5-4-7-21-10/h10-11H,3-9,15H2,1-2H3. The van der Waals surface area contributed by atoms with Gasteiger partial charge < -0.3 is 19.8 Å². The summed E-state index contributed by atoms with van der Waals surface area (Å²) in [7, 11) is 1.39. The summed E-state index contributed by atoms with van der Waals surface area (Å²) in [4.78, 5) is 11.2. The first kappa shape index (κ1) is 17.2. The van der Waals surface area contributed by atoms with Crippen molar-refractivity contribution >= 4 is 17.7 Å². The smallest absolute Gasteiger partial charge is 0.306 e. The highest BCUT2D eigenvalue weighted by Crippen LogP contribution is 2.24. The summed E-state index contributed by atoms with van der Waals surface area (Å²) in [6, 6.07) is -0.135. The van der Waals surface area contributed by atoms with E-state index in [1.165, 1.54) is 18.9 Å². The molecule has 7 nitrogen and oxygen atoms in total. The Morgan fingerprint density at radius 2 is 2.41 bits per heavy atom. The van der Waals surface area contributed by atoms with Crippen LogP contribution in [0.1, 0.15) is 44.5 Å². The number of carbonyl (C=O) groups excluding carboxylic acids is 1. The number of methoxy groups -OCH3 is 1. The summed E-state index contributed by atoms with van der Waals surface area (Å²) in [5.41, 5.74) is 6.13. The zero-order chi connectivity index (χ0) is 15.9. The molecule has 124 valence electrons. The van der Waals surface area contributed by atoms with Crippen LogP contribution in [0.25, 0.3) is 0 Å². The molecule has 0 aromatic carbocycles. The lowest BCUT2D eigenvalue weighted by atomic mass is 10.2. The van der Waals surface area contributed by atoms with Gasteiger partial charge in [0.25, 0.3) is 0 Å². The number of nitrogens with zero attached hydrogens (tertiary/aromatic N) is 3. The second kappa shape index (κ2) is 8.50. The molecule has 1 aliphatic heterocycles. The lowest BCUT2D eigenvalue weighted by molar-refractivity contribution is -0.140. The summed E-state index contributed by atoms with van der Waals surface area (Å²) in [6.07, 6.45) is 3.48. The number of esters is 1. The summed E-state index contributed by atoms with van der Waals surface area (Å²) in [5.74, 6) is 1.18. The second-order valence-corrected chi connectivity index (χ2v) is 6.34. The molecule has 2 atom stereocenters. The molecule has 2 rings (SSSR count). The van der Waals surface area contributed by atoms with Crippen molar-refractivity contribution in [3.8, 4) is 0 Å². The molecule has 1 saturated heterocycles. The number of rotatable bonds is 8. The number of thioether (sulfide) groups is 1. The highest BCUT2D eigenvalue weighted by atomic mass is 32.2.